The Labute approximate surface area is 116 Å². The molecule has 1 N–H and O–H groups in total. The zero-order valence-electron chi connectivity index (χ0n) is 12.2. The third-order valence-corrected chi connectivity index (χ3v) is 4.70. The van der Waals surface area contributed by atoms with Crippen LogP contribution in [0.2, 0.25) is 0 Å². The number of likely N-dealkylation sites (tertiary alicyclic amines) is 1. The van der Waals surface area contributed by atoms with Gasteiger partial charge in [-0.1, -0.05) is 25.1 Å². The highest BCUT2D eigenvalue weighted by Gasteiger charge is 2.31. The van der Waals surface area contributed by atoms with E-state index in [0.29, 0.717) is 18.0 Å². The fourth-order valence-corrected chi connectivity index (χ4v) is 3.13. The second-order valence-electron chi connectivity index (χ2n) is 5.66. The van der Waals surface area contributed by atoms with E-state index in [1.165, 1.54) is 6.42 Å². The summed E-state index contributed by atoms with van der Waals surface area (Å²) >= 11 is 0. The molecule has 19 heavy (non-hydrogen) atoms. The van der Waals surface area contributed by atoms with Gasteiger partial charge in [-0.2, -0.15) is 0 Å². The van der Waals surface area contributed by atoms with E-state index in [2.05, 4.69) is 24.1 Å². The normalized spacial score (nSPS) is 28.5. The van der Waals surface area contributed by atoms with Crippen LogP contribution in [0.4, 0.5) is 4.39 Å². The maximum absolute atomic E-state index is 13.6. The molecule has 1 fully saturated rings. The highest BCUT2D eigenvalue weighted by atomic mass is 19.1. The number of hydrogen-bond acceptors (Lipinski definition) is 2. The summed E-state index contributed by atoms with van der Waals surface area (Å²) in [6, 6.07) is 8.27. The first-order valence-corrected chi connectivity index (χ1v) is 7.28. The van der Waals surface area contributed by atoms with Gasteiger partial charge in [-0.05, 0) is 50.9 Å². The van der Waals surface area contributed by atoms with Crippen molar-refractivity contribution in [1.82, 2.24) is 10.2 Å². The van der Waals surface area contributed by atoms with Crippen molar-refractivity contribution in [2.24, 2.45) is 5.92 Å². The number of nitrogens with zero attached hydrogens (tertiary/aromatic N) is 1. The molecule has 1 saturated heterocycles. The van der Waals surface area contributed by atoms with E-state index < -0.39 is 0 Å². The third-order valence-electron chi connectivity index (χ3n) is 4.70. The Morgan fingerprint density at radius 1 is 1.32 bits per heavy atom. The summed E-state index contributed by atoms with van der Waals surface area (Å²) < 4.78 is 13.6. The average molecular weight is 264 g/mol. The molecule has 0 aromatic heterocycles. The van der Waals surface area contributed by atoms with Crippen LogP contribution < -0.4 is 5.32 Å². The molecule has 0 radical (unpaired) electrons. The Morgan fingerprint density at radius 3 is 2.74 bits per heavy atom. The van der Waals surface area contributed by atoms with Crippen molar-refractivity contribution in [1.29, 1.82) is 0 Å². The van der Waals surface area contributed by atoms with Gasteiger partial charge in [0, 0.05) is 18.6 Å². The van der Waals surface area contributed by atoms with Crippen LogP contribution in [0, 0.1) is 11.7 Å². The van der Waals surface area contributed by atoms with Crippen LogP contribution in [0.1, 0.15) is 25.8 Å². The molecule has 3 unspecified atom stereocenters. The quantitative estimate of drug-likeness (QED) is 0.899. The minimum absolute atomic E-state index is 0.0756. The maximum Gasteiger partial charge on any atom is 0.126 e. The maximum atomic E-state index is 13.6. The first kappa shape index (κ1) is 14.5. The Morgan fingerprint density at radius 2 is 2.05 bits per heavy atom. The van der Waals surface area contributed by atoms with Crippen LogP contribution in [0.25, 0.3) is 0 Å². The summed E-state index contributed by atoms with van der Waals surface area (Å²) in [5.74, 6) is 0.563. The molecule has 0 spiro atoms. The summed E-state index contributed by atoms with van der Waals surface area (Å²) in [6.45, 7) is 6.64. The highest BCUT2D eigenvalue weighted by molar-refractivity contribution is 5.17. The molecule has 2 rings (SSSR count). The molecule has 1 aliphatic heterocycles. The lowest BCUT2D eigenvalue weighted by atomic mass is 9.87. The monoisotopic (exact) mass is 264 g/mol. The van der Waals surface area contributed by atoms with E-state index in [-0.39, 0.29) is 5.82 Å². The molecule has 2 nitrogen and oxygen atoms in total. The van der Waals surface area contributed by atoms with Gasteiger partial charge < -0.3 is 5.32 Å². The summed E-state index contributed by atoms with van der Waals surface area (Å²) in [4.78, 5) is 2.49. The largest absolute Gasteiger partial charge is 0.317 e. The predicted molar refractivity (Wildman–Crippen MR) is 77.8 cm³/mol. The van der Waals surface area contributed by atoms with Gasteiger partial charge in [0.05, 0.1) is 0 Å². The molecule has 3 atom stereocenters. The standard InChI is InChI=1S/C16H25FN2/c1-12-13(2)19(11-9-16(12)18-3)10-8-14-6-4-5-7-15(14)17/h4-7,12-13,16,18H,8-11H2,1-3H3. The van der Waals surface area contributed by atoms with Gasteiger partial charge in [0.1, 0.15) is 5.82 Å². The molecule has 0 bridgehead atoms. The number of nitrogens with one attached hydrogen (secondary N) is 1. The molecule has 1 aliphatic rings. The van der Waals surface area contributed by atoms with Crippen molar-refractivity contribution in [3.05, 3.63) is 35.6 Å². The molecular formula is C16H25FN2. The van der Waals surface area contributed by atoms with E-state index >= 15 is 0 Å². The average Bonchev–Trinajstić information content (AvgIpc) is 2.42. The van der Waals surface area contributed by atoms with Crippen LogP contribution in [0.15, 0.2) is 24.3 Å². The van der Waals surface area contributed by atoms with Crippen molar-refractivity contribution in [3.63, 3.8) is 0 Å². The lowest BCUT2D eigenvalue weighted by Crippen LogP contribution is -2.53. The molecule has 0 saturated carbocycles. The second-order valence-corrected chi connectivity index (χ2v) is 5.66. The molecule has 1 aromatic carbocycles. The first-order valence-electron chi connectivity index (χ1n) is 7.28. The van der Waals surface area contributed by atoms with Crippen molar-refractivity contribution >= 4 is 0 Å². The van der Waals surface area contributed by atoms with Crippen molar-refractivity contribution in [2.45, 2.75) is 38.8 Å². The van der Waals surface area contributed by atoms with Gasteiger partial charge in [0.25, 0.3) is 0 Å². The lowest BCUT2D eigenvalue weighted by Gasteiger charge is -2.42. The minimum atomic E-state index is -0.0756. The van der Waals surface area contributed by atoms with Crippen molar-refractivity contribution < 1.29 is 4.39 Å². The van der Waals surface area contributed by atoms with Crippen molar-refractivity contribution in [3.8, 4) is 0 Å². The lowest BCUT2D eigenvalue weighted by molar-refractivity contribution is 0.0887. The molecular weight excluding hydrogens is 239 g/mol. The molecule has 0 amide bonds. The minimum Gasteiger partial charge on any atom is -0.317 e. The van der Waals surface area contributed by atoms with Crippen LogP contribution in [0.5, 0.6) is 0 Å². The van der Waals surface area contributed by atoms with E-state index in [4.69, 9.17) is 0 Å². The zero-order chi connectivity index (χ0) is 13.8. The van der Waals surface area contributed by atoms with Gasteiger partial charge >= 0.3 is 0 Å². The first-order chi connectivity index (χ1) is 9.13. The third kappa shape index (κ3) is 3.34. The summed E-state index contributed by atoms with van der Waals surface area (Å²) in [5, 5.41) is 3.40. The van der Waals surface area contributed by atoms with E-state index in [0.717, 1.165) is 25.1 Å². The van der Waals surface area contributed by atoms with Gasteiger partial charge in [-0.25, -0.2) is 4.39 Å². The summed E-state index contributed by atoms with van der Waals surface area (Å²) in [5.41, 5.74) is 0.832. The summed E-state index contributed by atoms with van der Waals surface area (Å²) in [6.07, 6.45) is 1.98. The van der Waals surface area contributed by atoms with Crippen molar-refractivity contribution in [2.75, 3.05) is 20.1 Å². The van der Waals surface area contributed by atoms with Crippen LogP contribution in [-0.4, -0.2) is 37.1 Å². The number of halogens is 1. The fraction of sp³-hybridized carbons (Fsp3) is 0.625. The van der Waals surface area contributed by atoms with Gasteiger partial charge in [0.2, 0.25) is 0 Å². The Balaban J connectivity index is 1.92. The molecule has 106 valence electrons. The van der Waals surface area contributed by atoms with E-state index in [9.17, 15) is 4.39 Å². The topological polar surface area (TPSA) is 15.3 Å². The fourth-order valence-electron chi connectivity index (χ4n) is 3.13. The SMILES string of the molecule is CNC1CCN(CCc2ccccc2F)C(C)C1C. The smallest absolute Gasteiger partial charge is 0.126 e. The van der Waals surface area contributed by atoms with Crippen LogP contribution in [0.3, 0.4) is 0 Å². The summed E-state index contributed by atoms with van der Waals surface area (Å²) in [7, 11) is 2.04. The van der Waals surface area contributed by atoms with E-state index in [1.54, 1.807) is 12.1 Å². The molecule has 1 aromatic rings. The Bertz CT molecular complexity index is 407. The van der Waals surface area contributed by atoms with Crippen LogP contribution >= 0.6 is 0 Å². The second kappa shape index (κ2) is 6.49. The molecule has 3 heteroatoms. The van der Waals surface area contributed by atoms with Crippen LogP contribution in [-0.2, 0) is 6.42 Å². The predicted octanol–water partition coefficient (Wildman–Crippen LogP) is 2.69. The highest BCUT2D eigenvalue weighted by Crippen LogP contribution is 2.23. The molecule has 0 aliphatic carbocycles. The Hall–Kier alpha value is -0.930. The zero-order valence-corrected chi connectivity index (χ0v) is 12.2. The van der Waals surface area contributed by atoms with Gasteiger partial charge in [-0.15, -0.1) is 0 Å². The number of piperidine rings is 1. The molecule has 1 heterocycles. The van der Waals surface area contributed by atoms with Gasteiger partial charge in [-0.3, -0.25) is 4.90 Å². The Kier molecular flexibility index (Phi) is 4.94. The number of benzene rings is 1. The number of rotatable bonds is 4. The van der Waals surface area contributed by atoms with E-state index in [1.807, 2.05) is 19.2 Å². The number of hydrogen-bond donors (Lipinski definition) is 1. The van der Waals surface area contributed by atoms with Gasteiger partial charge in [0.15, 0.2) is 0 Å².